The molecule has 0 bridgehead atoms. The number of hydrogen-bond acceptors (Lipinski definition) is 4. The molecule has 1 aliphatic heterocycles. The number of allylic oxidation sites excluding steroid dienone is 2. The lowest BCUT2D eigenvalue weighted by Crippen LogP contribution is -2.38. The first-order valence-corrected chi connectivity index (χ1v) is 12.0. The van der Waals surface area contributed by atoms with E-state index in [1.807, 2.05) is 57.2 Å². The van der Waals surface area contributed by atoms with Crippen molar-refractivity contribution in [2.24, 2.45) is 16.8 Å². The van der Waals surface area contributed by atoms with Crippen LogP contribution in [0.4, 0.5) is 0 Å². The van der Waals surface area contributed by atoms with Crippen LogP contribution in [0.1, 0.15) is 56.6 Å². The van der Waals surface area contributed by atoms with E-state index < -0.39 is 11.8 Å². The number of nitrogens with zero attached hydrogens (tertiary/aromatic N) is 1. The smallest absolute Gasteiger partial charge is 0.315 e. The highest BCUT2D eigenvalue weighted by molar-refractivity contribution is 6.30. The summed E-state index contributed by atoms with van der Waals surface area (Å²) in [6.45, 7) is 6.17. The zero-order valence-corrected chi connectivity index (χ0v) is 20.5. The predicted molar refractivity (Wildman–Crippen MR) is 132 cm³/mol. The average Bonchev–Trinajstić information content (AvgIpc) is 2.77. The zero-order valence-electron chi connectivity index (χ0n) is 19.0. The van der Waals surface area contributed by atoms with Crippen molar-refractivity contribution in [3.63, 3.8) is 0 Å². The molecule has 0 aromatic heterocycles. The number of hydrogen-bond donors (Lipinski definition) is 0. The normalized spacial score (nSPS) is 22.8. The maximum absolute atomic E-state index is 13.5. The highest BCUT2D eigenvalue weighted by atomic mass is 35.5. The van der Waals surface area contributed by atoms with Gasteiger partial charge < -0.3 is 4.74 Å². The summed E-state index contributed by atoms with van der Waals surface area (Å²) < 4.78 is 5.61. The third-order valence-corrected chi connectivity index (χ3v) is 6.78. The molecule has 1 heterocycles. The predicted octanol–water partition coefficient (Wildman–Crippen LogP) is 6.77. The molecule has 2 aromatic carbocycles. The minimum Gasteiger partial charge on any atom is -0.465 e. The molecule has 4 nitrogen and oxygen atoms in total. The first-order chi connectivity index (χ1) is 15.7. The fourth-order valence-electron chi connectivity index (χ4n) is 4.70. The maximum Gasteiger partial charge on any atom is 0.315 e. The number of esters is 1. The summed E-state index contributed by atoms with van der Waals surface area (Å²) in [6.07, 6.45) is 1.00. The molecule has 3 atom stereocenters. The quantitative estimate of drug-likeness (QED) is 0.440. The second-order valence-corrected chi connectivity index (χ2v) is 10.1. The first-order valence-electron chi connectivity index (χ1n) is 11.2. The van der Waals surface area contributed by atoms with Crippen LogP contribution in [0.5, 0.6) is 0 Å². The summed E-state index contributed by atoms with van der Waals surface area (Å²) in [5, 5.41) is 1.27. The molecule has 0 saturated heterocycles. The van der Waals surface area contributed by atoms with Gasteiger partial charge in [-0.1, -0.05) is 61.3 Å². The lowest BCUT2D eigenvalue weighted by molar-refractivity contribution is -0.147. The van der Waals surface area contributed by atoms with Crippen molar-refractivity contribution >= 4 is 40.7 Å². The van der Waals surface area contributed by atoms with Gasteiger partial charge in [0.1, 0.15) is 5.92 Å². The molecule has 0 spiro atoms. The van der Waals surface area contributed by atoms with E-state index in [0.717, 1.165) is 16.8 Å². The van der Waals surface area contributed by atoms with Crippen LogP contribution in [-0.2, 0) is 14.3 Å². The van der Waals surface area contributed by atoms with E-state index in [0.29, 0.717) is 40.8 Å². The SMILES string of the molecule is CC1=NC2=C(C(=O)C[C@H](c3ccc(Cl)cc3)C2)[C@H](c2ccc(Cl)cc2)C1C(=O)OCC(C)C. The Morgan fingerprint density at radius 1 is 1.00 bits per heavy atom. The van der Waals surface area contributed by atoms with Gasteiger partial charge in [0.15, 0.2) is 5.78 Å². The molecule has 2 aliphatic rings. The van der Waals surface area contributed by atoms with Crippen molar-refractivity contribution in [1.29, 1.82) is 0 Å². The van der Waals surface area contributed by atoms with Gasteiger partial charge in [-0.2, -0.15) is 0 Å². The third-order valence-electron chi connectivity index (χ3n) is 6.27. The van der Waals surface area contributed by atoms with Gasteiger partial charge in [-0.3, -0.25) is 14.6 Å². The topological polar surface area (TPSA) is 55.7 Å². The lowest BCUT2D eigenvalue weighted by atomic mass is 9.69. The van der Waals surface area contributed by atoms with E-state index in [9.17, 15) is 9.59 Å². The van der Waals surface area contributed by atoms with Crippen molar-refractivity contribution in [3.05, 3.63) is 81.0 Å². The van der Waals surface area contributed by atoms with Crippen molar-refractivity contribution in [1.82, 2.24) is 0 Å². The Hall–Kier alpha value is -2.43. The fourth-order valence-corrected chi connectivity index (χ4v) is 4.96. The summed E-state index contributed by atoms with van der Waals surface area (Å²) in [5.41, 5.74) is 3.99. The van der Waals surface area contributed by atoms with Crippen molar-refractivity contribution < 1.29 is 14.3 Å². The standard InChI is InChI=1S/C27H27Cl2NO3/c1-15(2)14-33-27(32)24-16(3)30-22-12-19(17-4-8-20(28)9-5-17)13-23(31)26(22)25(24)18-6-10-21(29)11-7-18/h4-11,15,19,24-25H,12-14H2,1-3H3/t19-,24?,25-/m1/s1. The van der Waals surface area contributed by atoms with Gasteiger partial charge in [-0.15, -0.1) is 0 Å². The lowest BCUT2D eigenvalue weighted by Gasteiger charge is -2.36. The van der Waals surface area contributed by atoms with Gasteiger partial charge >= 0.3 is 5.97 Å². The molecule has 0 radical (unpaired) electrons. The molecule has 1 unspecified atom stereocenters. The van der Waals surface area contributed by atoms with Crippen LogP contribution in [0.2, 0.25) is 10.0 Å². The fraction of sp³-hybridized carbons (Fsp3) is 0.370. The second kappa shape index (κ2) is 9.82. The number of carbonyl (C=O) groups excluding carboxylic acids is 2. The Labute approximate surface area is 204 Å². The Balaban J connectivity index is 1.75. The molecule has 0 amide bonds. The van der Waals surface area contributed by atoms with Crippen LogP contribution in [0.15, 0.2) is 64.8 Å². The second-order valence-electron chi connectivity index (χ2n) is 9.22. The third kappa shape index (κ3) is 5.07. The highest BCUT2D eigenvalue weighted by Crippen LogP contribution is 2.47. The summed E-state index contributed by atoms with van der Waals surface area (Å²) in [7, 11) is 0. The molecular formula is C27H27Cl2NO3. The average molecular weight is 484 g/mol. The van der Waals surface area contributed by atoms with Gasteiger partial charge in [0.2, 0.25) is 0 Å². The molecule has 0 fully saturated rings. The number of carbonyl (C=O) groups is 2. The summed E-state index contributed by atoms with van der Waals surface area (Å²) in [5.74, 6) is -1.15. The Kier molecular flexibility index (Phi) is 7.06. The number of ketones is 1. The minimum atomic E-state index is -0.639. The monoisotopic (exact) mass is 483 g/mol. The molecule has 1 aliphatic carbocycles. The van der Waals surface area contributed by atoms with E-state index in [-0.39, 0.29) is 23.6 Å². The van der Waals surface area contributed by atoms with Gasteiger partial charge in [0.05, 0.1) is 6.61 Å². The molecule has 172 valence electrons. The van der Waals surface area contributed by atoms with Crippen molar-refractivity contribution in [2.75, 3.05) is 6.61 Å². The Morgan fingerprint density at radius 3 is 2.15 bits per heavy atom. The van der Waals surface area contributed by atoms with Crippen LogP contribution in [0.25, 0.3) is 0 Å². The van der Waals surface area contributed by atoms with Crippen LogP contribution in [0.3, 0.4) is 0 Å². The number of rotatable bonds is 5. The number of benzene rings is 2. The Morgan fingerprint density at radius 2 is 1.58 bits per heavy atom. The number of ether oxygens (including phenoxy) is 1. The van der Waals surface area contributed by atoms with Crippen LogP contribution >= 0.6 is 23.2 Å². The first kappa shape index (κ1) is 23.7. The molecule has 2 aromatic rings. The Bertz CT molecular complexity index is 1120. The molecule has 0 saturated carbocycles. The van der Waals surface area contributed by atoms with Crippen molar-refractivity contribution in [3.8, 4) is 0 Å². The zero-order chi connectivity index (χ0) is 23.7. The van der Waals surface area contributed by atoms with Crippen LogP contribution in [-0.4, -0.2) is 24.1 Å². The number of halogens is 2. The molecule has 4 rings (SSSR count). The highest BCUT2D eigenvalue weighted by Gasteiger charge is 2.44. The van der Waals surface area contributed by atoms with Crippen LogP contribution in [0, 0.1) is 11.8 Å². The van der Waals surface area contributed by atoms with Gasteiger partial charge in [-0.25, -0.2) is 0 Å². The summed E-state index contributed by atoms with van der Waals surface area (Å²) in [4.78, 5) is 31.5. The van der Waals surface area contributed by atoms with Crippen molar-refractivity contribution in [2.45, 2.75) is 45.4 Å². The van der Waals surface area contributed by atoms with E-state index in [4.69, 9.17) is 32.9 Å². The molecule has 33 heavy (non-hydrogen) atoms. The van der Waals surface area contributed by atoms with E-state index in [2.05, 4.69) is 0 Å². The summed E-state index contributed by atoms with van der Waals surface area (Å²) >= 11 is 12.2. The molecular weight excluding hydrogens is 457 g/mol. The van der Waals surface area contributed by atoms with E-state index in [1.54, 1.807) is 12.1 Å². The number of aliphatic imine (C=N–C) groups is 1. The van der Waals surface area contributed by atoms with E-state index >= 15 is 0 Å². The van der Waals surface area contributed by atoms with Gasteiger partial charge in [0, 0.05) is 39.4 Å². The van der Waals surface area contributed by atoms with Gasteiger partial charge in [0.25, 0.3) is 0 Å². The molecule has 6 heteroatoms. The molecule has 0 N–H and O–H groups in total. The van der Waals surface area contributed by atoms with E-state index in [1.165, 1.54) is 0 Å². The van der Waals surface area contributed by atoms with Gasteiger partial charge in [-0.05, 0) is 60.6 Å². The maximum atomic E-state index is 13.5. The largest absolute Gasteiger partial charge is 0.465 e. The summed E-state index contributed by atoms with van der Waals surface area (Å²) in [6, 6.07) is 15.0. The minimum absolute atomic E-state index is 0.0223. The van der Waals surface area contributed by atoms with Crippen LogP contribution < -0.4 is 0 Å². The number of Topliss-reactive ketones (excluding diaryl/α,β-unsaturated/α-hetero) is 1.